The number of halogens is 1. The molecule has 1 saturated heterocycles. The zero-order chi connectivity index (χ0) is 40.5. The summed E-state index contributed by atoms with van der Waals surface area (Å²) in [6, 6.07) is 4.96. The molecular weight excluding hydrogens is 756 g/mol. The minimum Gasteiger partial charge on any atom is -0.477 e. The van der Waals surface area contributed by atoms with Gasteiger partial charge in [-0.1, -0.05) is 23.7 Å². The Morgan fingerprint density at radius 3 is 2.02 bits per heavy atom. The Morgan fingerprint density at radius 1 is 0.836 bits per heavy atom. The fourth-order valence-electron chi connectivity index (χ4n) is 5.08. The first-order valence-corrected chi connectivity index (χ1v) is 18.2. The van der Waals surface area contributed by atoms with Gasteiger partial charge in [-0.05, 0) is 17.7 Å². The summed E-state index contributed by atoms with van der Waals surface area (Å²) in [5, 5.41) is 59.8. The molecule has 2 rings (SSSR count). The molecule has 0 saturated carbocycles. The first kappa shape index (κ1) is 48.1. The van der Waals surface area contributed by atoms with Gasteiger partial charge in [-0.3, -0.25) is 14.4 Å². The molecule has 1 heterocycles. The molecular formula is C34H55ClN4O16. The molecule has 314 valence electrons. The van der Waals surface area contributed by atoms with E-state index in [9.17, 15) is 44.7 Å². The van der Waals surface area contributed by atoms with Gasteiger partial charge in [0.25, 0.3) is 5.79 Å². The van der Waals surface area contributed by atoms with Crippen LogP contribution in [0.5, 0.6) is 0 Å². The first-order valence-electron chi connectivity index (χ1n) is 17.8. The maximum atomic E-state index is 12.4. The first-order chi connectivity index (χ1) is 26.4. The third-order valence-corrected chi connectivity index (χ3v) is 8.12. The van der Waals surface area contributed by atoms with Crippen LogP contribution in [0.4, 0.5) is 0 Å². The van der Waals surface area contributed by atoms with E-state index in [4.69, 9.17) is 50.5 Å². The van der Waals surface area contributed by atoms with Gasteiger partial charge in [-0.15, -0.1) is 0 Å². The molecule has 0 spiro atoms. The number of aliphatic hydroxyl groups is 4. The minimum absolute atomic E-state index is 0.0196. The predicted molar refractivity (Wildman–Crippen MR) is 192 cm³/mol. The number of aliphatic carboxylic acids is 1. The van der Waals surface area contributed by atoms with Crippen molar-refractivity contribution >= 4 is 35.3 Å². The summed E-state index contributed by atoms with van der Waals surface area (Å²) >= 11 is 5.86. The van der Waals surface area contributed by atoms with Crippen molar-refractivity contribution in [3.05, 3.63) is 34.9 Å². The number of benzene rings is 1. The second-order valence-electron chi connectivity index (χ2n) is 12.1. The SMILES string of the molecule is NCCOCCOCCOCCOCCNC(=O)CCOCCO[C@]1(C(=O)O)C[C@H](O)[C@@H](NC(=O)CO)[C@H]([C@H](O)[C@H](O)CNC(=O)Cc2ccc(Cl)cc2)O1. The van der Waals surface area contributed by atoms with E-state index < -0.39 is 80.2 Å². The van der Waals surface area contributed by atoms with Crippen LogP contribution in [0.25, 0.3) is 0 Å². The topological polar surface area (TPSA) is 296 Å². The lowest BCUT2D eigenvalue weighted by molar-refractivity contribution is -0.312. The number of carbonyl (C=O) groups is 4. The molecule has 10 N–H and O–H groups in total. The lowest BCUT2D eigenvalue weighted by atomic mass is 9.88. The largest absolute Gasteiger partial charge is 0.477 e. The number of amides is 3. The van der Waals surface area contributed by atoms with Crippen LogP contribution in [-0.2, 0) is 58.8 Å². The highest BCUT2D eigenvalue weighted by Gasteiger charge is 2.55. The lowest BCUT2D eigenvalue weighted by Gasteiger charge is -2.46. The van der Waals surface area contributed by atoms with Crippen LogP contribution in [-0.4, -0.2) is 184 Å². The normalized spacial score (nSPS) is 20.7. The van der Waals surface area contributed by atoms with Crippen molar-refractivity contribution < 1.29 is 77.9 Å². The van der Waals surface area contributed by atoms with E-state index >= 15 is 0 Å². The van der Waals surface area contributed by atoms with Crippen molar-refractivity contribution in [3.63, 3.8) is 0 Å². The number of carbonyl (C=O) groups excluding carboxylic acids is 3. The quantitative estimate of drug-likeness (QED) is 0.0344. The smallest absolute Gasteiger partial charge is 0.364 e. The van der Waals surface area contributed by atoms with Crippen molar-refractivity contribution in [1.82, 2.24) is 16.0 Å². The third kappa shape index (κ3) is 19.1. The highest BCUT2D eigenvalue weighted by atomic mass is 35.5. The fraction of sp³-hybridized carbons (Fsp3) is 0.706. The summed E-state index contributed by atoms with van der Waals surface area (Å²) in [7, 11) is 0. The molecule has 0 aliphatic carbocycles. The number of carboxylic acids is 1. The molecule has 1 aromatic rings. The van der Waals surface area contributed by atoms with Gasteiger partial charge in [0.15, 0.2) is 0 Å². The van der Waals surface area contributed by atoms with E-state index in [1.807, 2.05) is 0 Å². The molecule has 0 bridgehead atoms. The molecule has 3 amide bonds. The summed E-state index contributed by atoms with van der Waals surface area (Å²) in [6.07, 6.45) is -8.07. The molecule has 21 heteroatoms. The summed E-state index contributed by atoms with van der Waals surface area (Å²) in [6.45, 7) is 1.77. The summed E-state index contributed by atoms with van der Waals surface area (Å²) in [5.41, 5.74) is 5.94. The minimum atomic E-state index is -2.57. The van der Waals surface area contributed by atoms with Crippen molar-refractivity contribution in [3.8, 4) is 0 Å². The van der Waals surface area contributed by atoms with E-state index in [-0.39, 0.29) is 45.1 Å². The monoisotopic (exact) mass is 810 g/mol. The second-order valence-corrected chi connectivity index (χ2v) is 12.6. The van der Waals surface area contributed by atoms with Crippen molar-refractivity contribution in [2.45, 2.75) is 55.5 Å². The molecule has 0 aromatic heterocycles. The average molecular weight is 811 g/mol. The Bertz CT molecular complexity index is 1270. The van der Waals surface area contributed by atoms with Crippen LogP contribution < -0.4 is 21.7 Å². The zero-order valence-electron chi connectivity index (χ0n) is 30.6. The van der Waals surface area contributed by atoms with E-state index in [1.165, 1.54) is 0 Å². The Hall–Kier alpha value is -3.09. The van der Waals surface area contributed by atoms with Gasteiger partial charge < -0.3 is 80.4 Å². The van der Waals surface area contributed by atoms with E-state index in [2.05, 4.69) is 16.0 Å². The van der Waals surface area contributed by atoms with Gasteiger partial charge in [-0.2, -0.15) is 0 Å². The maximum absolute atomic E-state index is 12.4. The van der Waals surface area contributed by atoms with Crippen molar-refractivity contribution in [2.75, 3.05) is 98.9 Å². The van der Waals surface area contributed by atoms with Crippen LogP contribution in [0.2, 0.25) is 5.02 Å². The summed E-state index contributed by atoms with van der Waals surface area (Å²) < 4.78 is 37.8. The Morgan fingerprint density at radius 2 is 1.42 bits per heavy atom. The number of carboxylic acid groups (broad SMARTS) is 1. The van der Waals surface area contributed by atoms with Gasteiger partial charge in [0.1, 0.15) is 18.8 Å². The highest BCUT2D eigenvalue weighted by molar-refractivity contribution is 6.30. The van der Waals surface area contributed by atoms with Gasteiger partial charge in [0.05, 0.1) is 97.3 Å². The molecule has 55 heavy (non-hydrogen) atoms. The molecule has 0 radical (unpaired) electrons. The molecule has 1 aliphatic heterocycles. The number of rotatable bonds is 30. The fourth-order valence-corrected chi connectivity index (χ4v) is 5.21. The Balaban J connectivity index is 1.75. The summed E-state index contributed by atoms with van der Waals surface area (Å²) in [5.74, 6) is -6.07. The Kier molecular flexibility index (Phi) is 24.0. The maximum Gasteiger partial charge on any atom is 0.364 e. The number of hydrogen-bond acceptors (Lipinski definition) is 16. The summed E-state index contributed by atoms with van der Waals surface area (Å²) in [4.78, 5) is 49.0. The molecule has 1 fully saturated rings. The van der Waals surface area contributed by atoms with Gasteiger partial charge in [0.2, 0.25) is 17.7 Å². The number of hydrogen-bond donors (Lipinski definition) is 9. The molecule has 20 nitrogen and oxygen atoms in total. The van der Waals surface area contributed by atoms with Crippen LogP contribution in [0.1, 0.15) is 18.4 Å². The van der Waals surface area contributed by atoms with E-state index in [1.54, 1.807) is 24.3 Å². The lowest BCUT2D eigenvalue weighted by Crippen LogP contribution is -2.68. The van der Waals surface area contributed by atoms with Gasteiger partial charge in [0, 0.05) is 37.5 Å². The molecule has 1 aliphatic rings. The zero-order valence-corrected chi connectivity index (χ0v) is 31.4. The average Bonchev–Trinajstić information content (AvgIpc) is 3.16. The standard InChI is InChI=1S/C34H55ClN4O16/c35-24-3-1-23(2-4-24)19-28(44)38-21-26(42)31(46)32-30(39-29(45)22-40)25(41)20-34(55-32,33(47)48)54-18-17-49-8-5-27(43)37-7-10-51-12-14-53-16-15-52-13-11-50-9-6-36/h1-4,25-26,30-32,40-42,46H,5-22,36H2,(H,37,43)(H,38,44)(H,39,45)(H,47,48)/t25-,26+,30+,31+,32+,34+/m0/s1. The molecule has 6 atom stereocenters. The molecule has 1 aromatic carbocycles. The van der Waals surface area contributed by atoms with Crippen molar-refractivity contribution in [2.24, 2.45) is 5.73 Å². The highest BCUT2D eigenvalue weighted by Crippen LogP contribution is 2.33. The predicted octanol–water partition coefficient (Wildman–Crippen LogP) is -3.31. The van der Waals surface area contributed by atoms with Crippen LogP contribution in [0, 0.1) is 0 Å². The van der Waals surface area contributed by atoms with Gasteiger partial charge in [-0.25, -0.2) is 4.79 Å². The van der Waals surface area contributed by atoms with E-state index in [0.717, 1.165) is 0 Å². The van der Waals surface area contributed by atoms with Crippen molar-refractivity contribution in [1.29, 1.82) is 0 Å². The molecule has 0 unspecified atom stereocenters. The van der Waals surface area contributed by atoms with Crippen LogP contribution in [0.3, 0.4) is 0 Å². The van der Waals surface area contributed by atoms with Crippen LogP contribution >= 0.6 is 11.6 Å². The Labute approximate surface area is 323 Å². The number of nitrogens with one attached hydrogen (secondary N) is 3. The number of aliphatic hydroxyl groups excluding tert-OH is 4. The second kappa shape index (κ2) is 27.5. The number of ether oxygens (including phenoxy) is 7. The third-order valence-electron chi connectivity index (χ3n) is 7.87. The van der Waals surface area contributed by atoms with E-state index in [0.29, 0.717) is 63.4 Å². The number of nitrogens with two attached hydrogens (primary N) is 1. The van der Waals surface area contributed by atoms with Gasteiger partial charge >= 0.3 is 5.97 Å². The van der Waals surface area contributed by atoms with Crippen LogP contribution in [0.15, 0.2) is 24.3 Å².